The molecule has 5 atom stereocenters. The fraction of sp³-hybridized carbons (Fsp3) is 0.810. The predicted molar refractivity (Wildman–Crippen MR) is 120 cm³/mol. The summed E-state index contributed by atoms with van der Waals surface area (Å²) in [4.78, 5) is 55.7. The lowest BCUT2D eigenvalue weighted by Crippen LogP contribution is -2.55. The molecule has 0 aliphatic carbocycles. The molecule has 2 rings (SSSR count). The van der Waals surface area contributed by atoms with E-state index in [-0.39, 0.29) is 24.3 Å². The summed E-state index contributed by atoms with van der Waals surface area (Å²) < 4.78 is 25.3. The molecule has 0 aromatic heterocycles. The van der Waals surface area contributed by atoms with Gasteiger partial charge in [0.2, 0.25) is 27.7 Å². The summed E-state index contributed by atoms with van der Waals surface area (Å²) in [5.41, 5.74) is 0. The molecule has 2 heterocycles. The Balaban J connectivity index is 2.18. The van der Waals surface area contributed by atoms with Crippen LogP contribution >= 0.6 is 0 Å². The lowest BCUT2D eigenvalue weighted by atomic mass is 9.97. The van der Waals surface area contributed by atoms with Crippen LogP contribution in [0.5, 0.6) is 0 Å². The summed E-state index contributed by atoms with van der Waals surface area (Å²) in [6.07, 6.45) is 1.75. The Labute approximate surface area is 195 Å². The molecule has 0 radical (unpaired) electrons. The van der Waals surface area contributed by atoms with Gasteiger partial charge in [-0.05, 0) is 24.7 Å². The average Bonchev–Trinajstić information content (AvgIpc) is 3.19. The maximum atomic E-state index is 13.1. The van der Waals surface area contributed by atoms with Gasteiger partial charge in [-0.2, -0.15) is 0 Å². The van der Waals surface area contributed by atoms with Crippen molar-refractivity contribution >= 4 is 33.7 Å². The van der Waals surface area contributed by atoms with Crippen LogP contribution in [0.25, 0.3) is 0 Å². The number of hydroxylamine groups is 2. The van der Waals surface area contributed by atoms with Gasteiger partial charge in [-0.25, -0.2) is 17.5 Å². The smallest absolute Gasteiger partial charge is 0.347 e. The highest BCUT2D eigenvalue weighted by Crippen LogP contribution is 2.39. The number of hydrogen-bond acceptors (Lipinski definition) is 8. The number of fused-ring (bicyclic) bond motifs is 1. The predicted octanol–water partition coefficient (Wildman–Crippen LogP) is 0.0170. The molecule has 1 unspecified atom stereocenters. The monoisotopic (exact) mass is 488 g/mol. The van der Waals surface area contributed by atoms with Crippen LogP contribution in [-0.4, -0.2) is 78.4 Å². The van der Waals surface area contributed by atoms with Gasteiger partial charge in [0.25, 0.3) is 0 Å². The second-order valence-electron chi connectivity index (χ2n) is 9.46. The van der Waals surface area contributed by atoms with Gasteiger partial charge in [0.15, 0.2) is 0 Å². The highest BCUT2D eigenvalue weighted by Gasteiger charge is 2.57. The third-order valence-corrected chi connectivity index (χ3v) is 7.32. The molecule has 2 aliphatic heterocycles. The molecule has 0 spiro atoms. The summed E-state index contributed by atoms with van der Waals surface area (Å²) in [7, 11) is -3.75. The molecule has 12 heteroatoms. The van der Waals surface area contributed by atoms with Gasteiger partial charge in [0.1, 0.15) is 12.1 Å². The zero-order chi connectivity index (χ0) is 25.2. The molecule has 188 valence electrons. The number of hydrogen-bond donors (Lipinski definition) is 2. The minimum Gasteiger partial charge on any atom is -0.366 e. The van der Waals surface area contributed by atoms with E-state index in [0.29, 0.717) is 12.8 Å². The van der Waals surface area contributed by atoms with E-state index in [4.69, 9.17) is 4.84 Å². The van der Waals surface area contributed by atoms with Gasteiger partial charge in [-0.1, -0.05) is 34.6 Å². The van der Waals surface area contributed by atoms with Crippen molar-refractivity contribution in [3.05, 3.63) is 0 Å². The van der Waals surface area contributed by atoms with Crippen molar-refractivity contribution in [1.29, 1.82) is 0 Å². The first-order valence-electron chi connectivity index (χ1n) is 11.3. The van der Waals surface area contributed by atoms with Crippen LogP contribution in [0.15, 0.2) is 0 Å². The molecule has 0 aromatic rings. The highest BCUT2D eigenvalue weighted by atomic mass is 32.2. The number of nitrogens with one attached hydrogen (secondary N) is 2. The van der Waals surface area contributed by atoms with Gasteiger partial charge >= 0.3 is 5.97 Å². The first kappa shape index (κ1) is 27.0. The number of sulfonamides is 1. The zero-order valence-electron chi connectivity index (χ0n) is 20.3. The fourth-order valence-corrected chi connectivity index (χ4v) is 5.75. The summed E-state index contributed by atoms with van der Waals surface area (Å²) in [6, 6.07) is -2.97. The van der Waals surface area contributed by atoms with Crippen LogP contribution in [-0.2, 0) is 34.0 Å². The topological polar surface area (TPSA) is 142 Å². The number of nitrogens with zero attached hydrogens (tertiary/aromatic N) is 2. The standard InChI is InChI=1S/C21H36N4O7S/c1-8-14-18-15(25(20(14)28)33(7,30)31)9-10-24(18)32-21(29)17(12(4)5)23-19(27)16(11(2)3)22-13(6)26/h11-12,14-18H,8-10H2,1-7H3,(H,22,26)(H,23,27)/t14?,15-,16-,17-,18+/m0/s1. The Morgan fingerprint density at radius 3 is 2.12 bits per heavy atom. The van der Waals surface area contributed by atoms with Crippen LogP contribution in [0.3, 0.4) is 0 Å². The summed E-state index contributed by atoms with van der Waals surface area (Å²) in [5, 5.41) is 6.65. The lowest BCUT2D eigenvalue weighted by Gasteiger charge is -2.30. The molecule has 0 aromatic carbocycles. The van der Waals surface area contributed by atoms with E-state index in [0.717, 1.165) is 10.6 Å². The van der Waals surface area contributed by atoms with E-state index in [9.17, 15) is 27.6 Å². The zero-order valence-corrected chi connectivity index (χ0v) is 21.1. The molecule has 3 amide bonds. The Bertz CT molecular complexity index is 889. The van der Waals surface area contributed by atoms with Gasteiger partial charge in [-0.3, -0.25) is 14.4 Å². The van der Waals surface area contributed by atoms with E-state index < -0.39 is 57.9 Å². The van der Waals surface area contributed by atoms with Crippen LogP contribution in [0.4, 0.5) is 0 Å². The SMILES string of the molecule is CCC1C(=O)N(S(C)(=O)=O)[C@H]2CCN(OC(=O)[C@@H](NC(=O)[C@@H](NC(C)=O)C(C)C)C(C)C)[C@H]12. The molecule has 2 saturated heterocycles. The Morgan fingerprint density at radius 2 is 1.67 bits per heavy atom. The highest BCUT2D eigenvalue weighted by molar-refractivity contribution is 7.88. The number of carbonyl (C=O) groups excluding carboxylic acids is 4. The molecular formula is C21H36N4O7S. The van der Waals surface area contributed by atoms with Crippen molar-refractivity contribution < 1.29 is 32.4 Å². The number of carbonyl (C=O) groups is 4. The Morgan fingerprint density at radius 1 is 1.09 bits per heavy atom. The largest absolute Gasteiger partial charge is 0.366 e. The van der Waals surface area contributed by atoms with E-state index in [1.165, 1.54) is 12.0 Å². The lowest BCUT2D eigenvalue weighted by molar-refractivity contribution is -0.202. The van der Waals surface area contributed by atoms with Gasteiger partial charge in [0.05, 0.1) is 24.3 Å². The minimum absolute atomic E-state index is 0.200. The minimum atomic E-state index is -3.75. The van der Waals surface area contributed by atoms with Crippen molar-refractivity contribution in [1.82, 2.24) is 20.0 Å². The molecule has 33 heavy (non-hydrogen) atoms. The van der Waals surface area contributed by atoms with Crippen molar-refractivity contribution in [2.24, 2.45) is 17.8 Å². The van der Waals surface area contributed by atoms with Crippen molar-refractivity contribution in [3.8, 4) is 0 Å². The quantitative estimate of drug-likeness (QED) is 0.462. The van der Waals surface area contributed by atoms with E-state index in [1.807, 2.05) is 0 Å². The van der Waals surface area contributed by atoms with Crippen LogP contribution < -0.4 is 10.6 Å². The summed E-state index contributed by atoms with van der Waals surface area (Å²) in [5.74, 6) is -3.18. The first-order chi connectivity index (χ1) is 15.2. The summed E-state index contributed by atoms with van der Waals surface area (Å²) in [6.45, 7) is 10.4. The fourth-order valence-electron chi connectivity index (χ4n) is 4.57. The summed E-state index contributed by atoms with van der Waals surface area (Å²) >= 11 is 0. The van der Waals surface area contributed by atoms with E-state index in [2.05, 4.69) is 10.6 Å². The molecular weight excluding hydrogens is 452 g/mol. The van der Waals surface area contributed by atoms with Crippen molar-refractivity contribution in [3.63, 3.8) is 0 Å². The number of rotatable bonds is 9. The first-order valence-corrected chi connectivity index (χ1v) is 13.1. The third-order valence-electron chi connectivity index (χ3n) is 6.15. The van der Waals surface area contributed by atoms with E-state index >= 15 is 0 Å². The normalized spacial score (nSPS) is 25.2. The maximum Gasteiger partial charge on any atom is 0.347 e. The van der Waals surface area contributed by atoms with Crippen LogP contribution in [0, 0.1) is 17.8 Å². The van der Waals surface area contributed by atoms with Crippen LogP contribution in [0.2, 0.25) is 0 Å². The molecule has 0 saturated carbocycles. The van der Waals surface area contributed by atoms with Crippen molar-refractivity contribution in [2.75, 3.05) is 12.8 Å². The molecule has 2 N–H and O–H groups in total. The molecule has 2 fully saturated rings. The third kappa shape index (κ3) is 5.84. The molecule has 11 nitrogen and oxygen atoms in total. The number of amides is 3. The van der Waals surface area contributed by atoms with E-state index in [1.54, 1.807) is 34.6 Å². The maximum absolute atomic E-state index is 13.1. The molecule has 2 aliphatic rings. The van der Waals surface area contributed by atoms with Gasteiger partial charge in [-0.15, -0.1) is 5.06 Å². The second kappa shape index (κ2) is 10.4. The van der Waals surface area contributed by atoms with Gasteiger partial charge in [0, 0.05) is 13.5 Å². The Hall–Kier alpha value is -2.21. The van der Waals surface area contributed by atoms with Gasteiger partial charge < -0.3 is 15.5 Å². The van der Waals surface area contributed by atoms with Crippen LogP contribution in [0.1, 0.15) is 54.4 Å². The average molecular weight is 489 g/mol. The van der Waals surface area contributed by atoms with Crippen molar-refractivity contribution in [2.45, 2.75) is 78.6 Å². The Kier molecular flexibility index (Phi) is 8.50. The molecule has 0 bridgehead atoms. The second-order valence-corrected chi connectivity index (χ2v) is 11.3.